The number of likely N-dealkylation sites (N-methyl/N-ethyl adjacent to an activating group) is 1. The van der Waals surface area contributed by atoms with Gasteiger partial charge in [-0.1, -0.05) is 137 Å². The lowest BCUT2D eigenvalue weighted by Gasteiger charge is -2.53. The van der Waals surface area contributed by atoms with Crippen molar-refractivity contribution in [1.29, 1.82) is 0 Å². The Kier molecular flexibility index (Phi) is 11.4. The monoisotopic (exact) mass is 774 g/mol. The number of ketones is 1. The Hall–Kier alpha value is -4.82. The molecule has 1 unspecified atom stereocenters. The molecule has 55 heavy (non-hydrogen) atoms. The number of Topliss-reactive ketones (excluding diaryl/α,β-unsaturated/α-hetero) is 1. The van der Waals surface area contributed by atoms with Gasteiger partial charge in [0.05, 0.1) is 24.5 Å². The Morgan fingerprint density at radius 3 is 1.91 bits per heavy atom. The zero-order valence-corrected chi connectivity index (χ0v) is 34.7. The van der Waals surface area contributed by atoms with Crippen LogP contribution >= 0.6 is 6.89 Å². The van der Waals surface area contributed by atoms with Gasteiger partial charge in [-0.3, -0.25) is 14.4 Å². The van der Waals surface area contributed by atoms with E-state index in [1.807, 2.05) is 104 Å². The summed E-state index contributed by atoms with van der Waals surface area (Å²) in [4.78, 5) is 60.3. The zero-order valence-electron chi connectivity index (χ0n) is 32.8. The molecule has 2 aliphatic rings. The summed E-state index contributed by atoms with van der Waals surface area (Å²) in [5.41, 5.74) is 2.20. The summed E-state index contributed by atoms with van der Waals surface area (Å²) in [5.74, 6) is -1.90. The minimum Gasteiger partial charge on any atom is -0.457 e. The summed E-state index contributed by atoms with van der Waals surface area (Å²) in [7, 11) is -0.672. The molecule has 0 aromatic heterocycles. The first-order valence-electron chi connectivity index (χ1n) is 18.8. The number of benzene rings is 4. The van der Waals surface area contributed by atoms with Crippen molar-refractivity contribution in [2.45, 2.75) is 70.8 Å². The maximum Gasteiger partial charge on any atom is 0.356 e. The number of hydrogen-bond acceptors (Lipinski definition) is 6. The van der Waals surface area contributed by atoms with Crippen LogP contribution in [0.15, 0.2) is 122 Å². The van der Waals surface area contributed by atoms with Crippen LogP contribution in [0.1, 0.15) is 50.0 Å². The van der Waals surface area contributed by atoms with Crippen molar-refractivity contribution >= 4 is 65.8 Å². The van der Waals surface area contributed by atoms with E-state index in [0.29, 0.717) is 11.3 Å². The van der Waals surface area contributed by atoms with Crippen molar-refractivity contribution in [2.75, 3.05) is 18.6 Å². The predicted molar refractivity (Wildman–Crippen MR) is 226 cm³/mol. The molecule has 0 aliphatic carbocycles. The van der Waals surface area contributed by atoms with Crippen LogP contribution in [0.25, 0.3) is 0 Å². The number of ether oxygens (including phenoxy) is 1. The lowest BCUT2D eigenvalue weighted by molar-refractivity contribution is -0.156. The molecule has 2 heterocycles. The van der Waals surface area contributed by atoms with Gasteiger partial charge in [-0.15, -0.1) is 0 Å². The second-order valence-electron chi connectivity index (χ2n) is 15.9. The van der Waals surface area contributed by atoms with Crippen LogP contribution in [-0.2, 0) is 30.0 Å². The van der Waals surface area contributed by atoms with Crippen molar-refractivity contribution in [1.82, 2.24) is 4.90 Å². The molecule has 0 N–H and O–H groups in total. The predicted octanol–water partition coefficient (Wildman–Crippen LogP) is 6.87. The third-order valence-electron chi connectivity index (χ3n) is 11.4. The van der Waals surface area contributed by atoms with E-state index in [9.17, 15) is 14.4 Å². The molecule has 4 aromatic rings. The molecule has 2 aliphatic heterocycles. The van der Waals surface area contributed by atoms with Crippen molar-refractivity contribution < 1.29 is 28.3 Å². The van der Waals surface area contributed by atoms with Gasteiger partial charge in [-0.2, -0.15) is 0 Å². The molecule has 4 aromatic carbocycles. The number of amides is 2. The molecule has 3 atom stereocenters. The van der Waals surface area contributed by atoms with Gasteiger partial charge in [0.25, 0.3) is 0 Å². The molecule has 10 heteroatoms. The number of fused-ring (bicyclic) bond motifs is 1. The molecule has 1 fully saturated rings. The highest BCUT2D eigenvalue weighted by Crippen LogP contribution is 2.51. The minimum atomic E-state index is -3.20. The van der Waals surface area contributed by atoms with E-state index in [-0.39, 0.29) is 47.5 Å². The highest BCUT2D eigenvalue weighted by Gasteiger charge is 2.57. The normalized spacial score (nSPS) is 17.7. The number of nitrogens with zero attached hydrogens (tertiary/aromatic N) is 2. The maximum atomic E-state index is 15.1. The Bertz CT molecular complexity index is 2060. The van der Waals surface area contributed by atoms with Crippen LogP contribution in [-0.4, -0.2) is 68.0 Å². The van der Waals surface area contributed by atoms with Gasteiger partial charge in [-0.25, -0.2) is 4.79 Å². The van der Waals surface area contributed by atoms with Crippen LogP contribution in [0.4, 0.5) is 5.69 Å². The summed E-state index contributed by atoms with van der Waals surface area (Å²) in [6, 6.07) is 34.0. The number of hydrogen-bond donors (Lipinski definition) is 0. The van der Waals surface area contributed by atoms with Crippen molar-refractivity contribution in [2.24, 2.45) is 5.92 Å². The van der Waals surface area contributed by atoms with Crippen molar-refractivity contribution in [3.8, 4) is 0 Å². The second-order valence-corrected chi connectivity index (χ2v) is 23.9. The van der Waals surface area contributed by atoms with Crippen LogP contribution in [0, 0.1) is 5.92 Å². The average Bonchev–Trinajstić information content (AvgIpc) is 3.45. The van der Waals surface area contributed by atoms with Gasteiger partial charge in [-0.05, 0) is 52.6 Å². The van der Waals surface area contributed by atoms with E-state index in [1.165, 1.54) is 6.08 Å². The zero-order chi connectivity index (χ0) is 39.7. The number of esters is 1. The molecular weight excluding hydrogens is 724 g/mol. The molecule has 286 valence electrons. The number of carbonyl (C=O) groups is 4. The topological polar surface area (TPSA) is 93.2 Å². The van der Waals surface area contributed by atoms with E-state index < -0.39 is 39.2 Å². The quantitative estimate of drug-likeness (QED) is 0.0368. The fraction of sp³-hybridized carbons (Fsp3) is 0.311. The van der Waals surface area contributed by atoms with E-state index in [2.05, 4.69) is 40.4 Å². The Morgan fingerprint density at radius 2 is 1.42 bits per heavy atom. The maximum absolute atomic E-state index is 15.1. The highest BCUT2D eigenvalue weighted by molar-refractivity contribution is 7.96. The van der Waals surface area contributed by atoms with Gasteiger partial charge in [0, 0.05) is 31.6 Å². The molecular formula is C45H51N2O6PSi. The number of carbonyl (C=O) groups excluding carboxylic acids is 4. The van der Waals surface area contributed by atoms with Crippen LogP contribution < -0.4 is 20.8 Å². The standard InChI is InChI=1S/C45H51N2O6PSi/c1-9-27-52-44(51)43(54(34-19-13-10-14-20-34,35-21-15-11-16-22-35)36-23-17-12-18-24-36)47-38(41(42(47)50)31(2)53-55(7,8)45(3,4)5)30-39(48)33-26-25-32-29-40(49)46(6)37(32)28-33/h9-26,28,31,38,41H,1,27,29-30H2,2-8H3/t31?,38-,41-/m1/s1. The minimum absolute atomic E-state index is 0.0349. The summed E-state index contributed by atoms with van der Waals surface area (Å²) in [5, 5.41) is 2.44. The molecule has 0 spiro atoms. The highest BCUT2D eigenvalue weighted by atomic mass is 31.2. The third kappa shape index (κ3) is 7.33. The molecule has 0 bridgehead atoms. The van der Waals surface area contributed by atoms with E-state index in [4.69, 9.17) is 9.16 Å². The largest absolute Gasteiger partial charge is 0.457 e. The first-order valence-corrected chi connectivity index (χ1v) is 23.5. The Morgan fingerprint density at radius 1 is 0.891 bits per heavy atom. The number of anilines is 1. The summed E-state index contributed by atoms with van der Waals surface area (Å²) in [6.07, 6.45) is 1.17. The second kappa shape index (κ2) is 15.7. The van der Waals surface area contributed by atoms with Crippen LogP contribution in [0.2, 0.25) is 18.1 Å². The van der Waals surface area contributed by atoms with Crippen LogP contribution in [0.3, 0.4) is 0 Å². The number of likely N-dealkylation sites (tertiary alicyclic amines) is 1. The molecule has 0 saturated carbocycles. The SMILES string of the molecule is C=CCOC(=O)C(N1C(=O)[C@H](C(C)O[Si](C)(C)C(C)(C)C)[C@H]1CC(=O)c1ccc2c(c1)N(C)C(=O)C2)=P(c1ccccc1)(c1ccccc1)c1ccccc1. The van der Waals surface area contributed by atoms with Crippen molar-refractivity contribution in [3.05, 3.63) is 133 Å². The average molecular weight is 775 g/mol. The van der Waals surface area contributed by atoms with E-state index >= 15 is 4.79 Å². The summed E-state index contributed by atoms with van der Waals surface area (Å²) in [6.45, 7) is 13.2. The lowest BCUT2D eigenvalue weighted by Crippen LogP contribution is -2.69. The number of β-lactam (4-membered cyclic amide) rings is 1. The van der Waals surface area contributed by atoms with Gasteiger partial charge in [0.15, 0.2) is 14.1 Å². The third-order valence-corrected chi connectivity index (χ3v) is 20.3. The van der Waals surface area contributed by atoms with Gasteiger partial charge in [0.1, 0.15) is 12.0 Å². The molecule has 1 saturated heterocycles. The fourth-order valence-electron chi connectivity index (χ4n) is 7.56. The summed E-state index contributed by atoms with van der Waals surface area (Å²) >= 11 is 0. The van der Waals surface area contributed by atoms with E-state index in [0.717, 1.165) is 21.5 Å². The molecule has 8 nitrogen and oxygen atoms in total. The van der Waals surface area contributed by atoms with Gasteiger partial charge >= 0.3 is 5.97 Å². The van der Waals surface area contributed by atoms with E-state index in [1.54, 1.807) is 29.0 Å². The Balaban J connectivity index is 1.62. The molecule has 2 amide bonds. The van der Waals surface area contributed by atoms with Gasteiger partial charge in [0.2, 0.25) is 11.8 Å². The fourth-order valence-corrected chi connectivity index (χ4v) is 13.4. The molecule has 0 radical (unpaired) electrons. The Labute approximate surface area is 326 Å². The van der Waals surface area contributed by atoms with Crippen LogP contribution in [0.5, 0.6) is 0 Å². The van der Waals surface area contributed by atoms with Gasteiger partial charge < -0.3 is 19.0 Å². The first-order chi connectivity index (χ1) is 26.1. The number of rotatable bonds is 13. The first kappa shape index (κ1) is 39.9. The lowest BCUT2D eigenvalue weighted by atomic mass is 9.79. The summed E-state index contributed by atoms with van der Waals surface area (Å²) < 4.78 is 12.8. The molecule has 6 rings (SSSR count). The smallest absolute Gasteiger partial charge is 0.356 e. The van der Waals surface area contributed by atoms with Crippen molar-refractivity contribution in [3.63, 3.8) is 0 Å².